The van der Waals surface area contributed by atoms with Gasteiger partial charge in [0.15, 0.2) is 6.61 Å². The van der Waals surface area contributed by atoms with Crippen LogP contribution in [0.1, 0.15) is 20.8 Å². The molecule has 0 N–H and O–H groups in total. The molecule has 5 heteroatoms. The first-order valence-corrected chi connectivity index (χ1v) is 5.11. The maximum absolute atomic E-state index is 11.0. The third kappa shape index (κ3) is 7.93. The standard InChI is InChI=1S/C10H19NO4/c1-4-11(5-2)6-7-14-10(13)8-15-9(3)12/h4-8H2,1-3H3. The van der Waals surface area contributed by atoms with E-state index < -0.39 is 11.9 Å². The number of rotatable bonds is 7. The van der Waals surface area contributed by atoms with E-state index in [0.29, 0.717) is 13.2 Å². The van der Waals surface area contributed by atoms with Gasteiger partial charge in [-0.1, -0.05) is 13.8 Å². The molecule has 0 unspecified atom stereocenters. The van der Waals surface area contributed by atoms with Crippen molar-refractivity contribution in [1.82, 2.24) is 4.90 Å². The van der Waals surface area contributed by atoms with Crippen molar-refractivity contribution in [2.75, 3.05) is 32.8 Å². The second-order valence-electron chi connectivity index (χ2n) is 3.03. The Balaban J connectivity index is 3.49. The van der Waals surface area contributed by atoms with Crippen molar-refractivity contribution in [3.8, 4) is 0 Å². The molecule has 15 heavy (non-hydrogen) atoms. The molecule has 0 saturated heterocycles. The molecule has 88 valence electrons. The summed E-state index contributed by atoms with van der Waals surface area (Å²) in [7, 11) is 0. The van der Waals surface area contributed by atoms with Crippen molar-refractivity contribution >= 4 is 11.9 Å². The van der Waals surface area contributed by atoms with Gasteiger partial charge in [0.2, 0.25) is 0 Å². The number of nitrogens with zero attached hydrogens (tertiary/aromatic N) is 1. The third-order valence-electron chi connectivity index (χ3n) is 1.96. The number of likely N-dealkylation sites (N-methyl/N-ethyl adjacent to an activating group) is 1. The molecule has 0 aromatic heterocycles. The smallest absolute Gasteiger partial charge is 0.344 e. The van der Waals surface area contributed by atoms with Crippen molar-refractivity contribution in [3.05, 3.63) is 0 Å². The summed E-state index contributed by atoms with van der Waals surface area (Å²) in [6.07, 6.45) is 0. The lowest BCUT2D eigenvalue weighted by molar-refractivity contribution is -0.157. The highest BCUT2D eigenvalue weighted by atomic mass is 16.6. The van der Waals surface area contributed by atoms with E-state index in [2.05, 4.69) is 9.64 Å². The fraction of sp³-hybridized carbons (Fsp3) is 0.800. The van der Waals surface area contributed by atoms with E-state index in [9.17, 15) is 9.59 Å². The van der Waals surface area contributed by atoms with Gasteiger partial charge in [-0.05, 0) is 13.1 Å². The van der Waals surface area contributed by atoms with E-state index in [0.717, 1.165) is 13.1 Å². The van der Waals surface area contributed by atoms with Crippen LogP contribution in [0.2, 0.25) is 0 Å². The van der Waals surface area contributed by atoms with Crippen LogP contribution in [0.3, 0.4) is 0 Å². The summed E-state index contributed by atoms with van der Waals surface area (Å²) in [5.41, 5.74) is 0. The molecule has 0 amide bonds. The molecule has 0 fully saturated rings. The van der Waals surface area contributed by atoms with Gasteiger partial charge in [0.05, 0.1) is 0 Å². The Hall–Kier alpha value is -1.10. The molecule has 0 aromatic rings. The zero-order valence-corrected chi connectivity index (χ0v) is 9.62. The lowest BCUT2D eigenvalue weighted by Gasteiger charge is -2.17. The highest BCUT2D eigenvalue weighted by Crippen LogP contribution is 1.88. The SMILES string of the molecule is CCN(CC)CCOC(=O)COC(C)=O. The minimum absolute atomic E-state index is 0.298. The number of hydrogen-bond acceptors (Lipinski definition) is 5. The van der Waals surface area contributed by atoms with Crippen LogP contribution in [0.5, 0.6) is 0 Å². The molecule has 0 aliphatic carbocycles. The summed E-state index contributed by atoms with van der Waals surface area (Å²) in [6.45, 7) is 7.95. The largest absolute Gasteiger partial charge is 0.462 e. The minimum atomic E-state index is -0.502. The molecule has 0 heterocycles. The number of carbonyl (C=O) groups is 2. The first-order valence-electron chi connectivity index (χ1n) is 5.11. The fourth-order valence-electron chi connectivity index (χ4n) is 1.03. The molecule has 0 spiro atoms. The Morgan fingerprint density at radius 1 is 1.13 bits per heavy atom. The summed E-state index contributed by atoms with van der Waals surface area (Å²) < 4.78 is 9.36. The van der Waals surface area contributed by atoms with Crippen LogP contribution in [0.15, 0.2) is 0 Å². The quantitative estimate of drug-likeness (QED) is 0.579. The van der Waals surface area contributed by atoms with Crippen LogP contribution in [0.4, 0.5) is 0 Å². The molecule has 0 aromatic carbocycles. The molecular formula is C10H19NO4. The first kappa shape index (κ1) is 13.9. The highest BCUT2D eigenvalue weighted by molar-refractivity contribution is 5.75. The topological polar surface area (TPSA) is 55.8 Å². The molecular weight excluding hydrogens is 198 g/mol. The predicted molar refractivity (Wildman–Crippen MR) is 55.4 cm³/mol. The van der Waals surface area contributed by atoms with Crippen LogP contribution < -0.4 is 0 Å². The van der Waals surface area contributed by atoms with Crippen molar-refractivity contribution in [2.24, 2.45) is 0 Å². The monoisotopic (exact) mass is 217 g/mol. The second-order valence-corrected chi connectivity index (χ2v) is 3.03. The summed E-state index contributed by atoms with van der Waals surface area (Å²) >= 11 is 0. The number of esters is 2. The Bertz CT molecular complexity index is 202. The average Bonchev–Trinajstić information content (AvgIpc) is 2.21. The van der Waals surface area contributed by atoms with Crippen LogP contribution in [0.25, 0.3) is 0 Å². The molecule has 0 aliphatic heterocycles. The van der Waals surface area contributed by atoms with E-state index in [1.54, 1.807) is 0 Å². The third-order valence-corrected chi connectivity index (χ3v) is 1.96. The number of carbonyl (C=O) groups excluding carboxylic acids is 2. The normalized spacial score (nSPS) is 10.1. The Morgan fingerprint density at radius 2 is 1.73 bits per heavy atom. The lowest BCUT2D eigenvalue weighted by atomic mass is 10.5. The van der Waals surface area contributed by atoms with Gasteiger partial charge in [-0.3, -0.25) is 4.79 Å². The Kier molecular flexibility index (Phi) is 7.62. The Labute approximate surface area is 90.3 Å². The van der Waals surface area contributed by atoms with E-state index >= 15 is 0 Å². The number of hydrogen-bond donors (Lipinski definition) is 0. The average molecular weight is 217 g/mol. The Morgan fingerprint density at radius 3 is 2.20 bits per heavy atom. The first-order chi connectivity index (χ1) is 7.10. The fourth-order valence-corrected chi connectivity index (χ4v) is 1.03. The molecule has 5 nitrogen and oxygen atoms in total. The molecule has 0 radical (unpaired) electrons. The summed E-state index contributed by atoms with van der Waals surface area (Å²) in [5.74, 6) is -0.979. The van der Waals surface area contributed by atoms with Crippen LogP contribution in [0, 0.1) is 0 Å². The van der Waals surface area contributed by atoms with Crippen molar-refractivity contribution in [1.29, 1.82) is 0 Å². The van der Waals surface area contributed by atoms with Gasteiger partial charge in [0.1, 0.15) is 6.61 Å². The summed E-state index contributed by atoms with van der Waals surface area (Å²) in [5, 5.41) is 0. The maximum atomic E-state index is 11.0. The second kappa shape index (κ2) is 8.23. The number of ether oxygens (including phenoxy) is 2. The molecule has 0 rings (SSSR count). The summed E-state index contributed by atoms with van der Waals surface area (Å²) in [6, 6.07) is 0. The van der Waals surface area contributed by atoms with Gasteiger partial charge in [-0.2, -0.15) is 0 Å². The van der Waals surface area contributed by atoms with Gasteiger partial charge < -0.3 is 14.4 Å². The van der Waals surface area contributed by atoms with E-state index in [-0.39, 0.29) is 6.61 Å². The molecule has 0 bridgehead atoms. The predicted octanol–water partition coefficient (Wildman–Crippen LogP) is 0.434. The summed E-state index contributed by atoms with van der Waals surface area (Å²) in [4.78, 5) is 23.5. The van der Waals surface area contributed by atoms with Crippen molar-refractivity contribution < 1.29 is 19.1 Å². The molecule has 0 saturated carbocycles. The van der Waals surface area contributed by atoms with Crippen molar-refractivity contribution in [2.45, 2.75) is 20.8 Å². The van der Waals surface area contributed by atoms with Crippen LogP contribution in [-0.2, 0) is 19.1 Å². The van der Waals surface area contributed by atoms with E-state index in [1.807, 2.05) is 13.8 Å². The van der Waals surface area contributed by atoms with Gasteiger partial charge in [-0.15, -0.1) is 0 Å². The van der Waals surface area contributed by atoms with E-state index in [4.69, 9.17) is 4.74 Å². The molecule has 0 aliphatic rings. The van der Waals surface area contributed by atoms with Gasteiger partial charge in [0, 0.05) is 13.5 Å². The lowest BCUT2D eigenvalue weighted by Crippen LogP contribution is -2.28. The van der Waals surface area contributed by atoms with Gasteiger partial charge >= 0.3 is 11.9 Å². The van der Waals surface area contributed by atoms with Crippen LogP contribution >= 0.6 is 0 Å². The zero-order chi connectivity index (χ0) is 11.7. The minimum Gasteiger partial charge on any atom is -0.462 e. The highest BCUT2D eigenvalue weighted by Gasteiger charge is 2.06. The van der Waals surface area contributed by atoms with Crippen molar-refractivity contribution in [3.63, 3.8) is 0 Å². The van der Waals surface area contributed by atoms with Gasteiger partial charge in [-0.25, -0.2) is 4.79 Å². The molecule has 0 atom stereocenters. The van der Waals surface area contributed by atoms with E-state index in [1.165, 1.54) is 6.92 Å². The zero-order valence-electron chi connectivity index (χ0n) is 9.62. The maximum Gasteiger partial charge on any atom is 0.344 e. The van der Waals surface area contributed by atoms with Crippen LogP contribution in [-0.4, -0.2) is 49.7 Å². The van der Waals surface area contributed by atoms with Gasteiger partial charge in [0.25, 0.3) is 0 Å².